The highest BCUT2D eigenvalue weighted by atomic mass is 32.1. The van der Waals surface area contributed by atoms with Crippen LogP contribution in [0, 0.1) is 12.7 Å². The van der Waals surface area contributed by atoms with Crippen molar-refractivity contribution in [1.29, 1.82) is 0 Å². The lowest BCUT2D eigenvalue weighted by Gasteiger charge is -2.45. The molecule has 0 unspecified atom stereocenters. The number of ether oxygens (including phenoxy) is 2. The number of aryl methyl sites for hydroxylation is 1. The van der Waals surface area contributed by atoms with Gasteiger partial charge in [0.1, 0.15) is 11.6 Å². The Labute approximate surface area is 533 Å². The Hall–Kier alpha value is -5.50. The third-order valence-corrected chi connectivity index (χ3v) is 23.8. The second kappa shape index (κ2) is 27.8. The molecule has 10 aliphatic rings. The van der Waals surface area contributed by atoms with Crippen LogP contribution >= 0.6 is 11.3 Å². The minimum Gasteiger partial charge on any atom is -0.450 e. The Kier molecular flexibility index (Phi) is 19.8. The smallest absolute Gasteiger partial charge is 0.409 e. The van der Waals surface area contributed by atoms with Gasteiger partial charge in [0.25, 0.3) is 0 Å². The van der Waals surface area contributed by atoms with Gasteiger partial charge in [-0.25, -0.2) is 14.2 Å². The standard InChI is InChI=1S/C26H37N3O3.C23H30N4OS.C22H32FN3O2/c1-2-32-25(31)28-15-11-20(12-16-28)27-17-13-26(14-18-27)19-29(21-7-9-22(30)10-8-21)24-6-4-3-5-23(24)26;1-17-15-29-22(24-17)26-11-7-19(8-12-26)25-13-9-23(10-14-25)16-27(18(2)28)21-6-4-3-5-20(21)23;1-17(27)26-16-22(20-15-18(23)3-4-21(20)26)7-11-25(12-8-22)19-5-9-24(10-6-19)13-14-28-2/h3-6,20-21H,2,7-19H2,1H3;3-6,15,19H,7-14,16H2,1-2H3;3-4,15,19H,5-14,16H2,1-2H3. The molecule has 89 heavy (non-hydrogen) atoms. The number of thiazole rings is 1. The van der Waals surface area contributed by atoms with E-state index in [0.717, 1.165) is 192 Å². The van der Waals surface area contributed by atoms with E-state index < -0.39 is 0 Å². The number of aromatic nitrogens is 1. The molecule has 3 amide bonds. The molecule has 4 aromatic rings. The second-order valence-corrected chi connectivity index (χ2v) is 28.6. The quantitative estimate of drug-likeness (QED) is 0.158. The largest absolute Gasteiger partial charge is 0.450 e. The molecule has 1 saturated carbocycles. The number of piperidine rings is 6. The number of para-hydroxylation sites is 2. The molecule has 9 aliphatic heterocycles. The summed E-state index contributed by atoms with van der Waals surface area (Å²) >= 11 is 1.77. The fraction of sp³-hybridized carbons (Fsp3) is 0.648. The number of hydrogen-bond acceptors (Lipinski definition) is 14. The number of ketones is 1. The summed E-state index contributed by atoms with van der Waals surface area (Å²) in [5, 5.41) is 3.33. The molecule has 482 valence electrons. The van der Waals surface area contributed by atoms with Gasteiger partial charge >= 0.3 is 6.09 Å². The summed E-state index contributed by atoms with van der Waals surface area (Å²) in [7, 11) is 1.76. The Morgan fingerprint density at radius 2 is 1.08 bits per heavy atom. The van der Waals surface area contributed by atoms with E-state index in [-0.39, 0.29) is 40.0 Å². The molecule has 10 heterocycles. The summed E-state index contributed by atoms with van der Waals surface area (Å²) in [5.74, 6) is 0.456. The van der Waals surface area contributed by atoms with Gasteiger partial charge in [-0.2, -0.15) is 0 Å². The molecule has 0 atom stereocenters. The van der Waals surface area contributed by atoms with Gasteiger partial charge < -0.3 is 53.6 Å². The van der Waals surface area contributed by atoms with Gasteiger partial charge in [-0.1, -0.05) is 36.4 Å². The highest BCUT2D eigenvalue weighted by molar-refractivity contribution is 7.13. The minimum atomic E-state index is -0.200. The summed E-state index contributed by atoms with van der Waals surface area (Å²) in [6, 6.07) is 24.9. The molecule has 3 aromatic carbocycles. The molecule has 14 rings (SSSR count). The first-order chi connectivity index (χ1) is 43.2. The lowest BCUT2D eigenvalue weighted by atomic mass is 9.74. The highest BCUT2D eigenvalue weighted by Gasteiger charge is 2.50. The average molecular weight is 1240 g/mol. The number of nitrogens with zero attached hydrogens (tertiary/aromatic N) is 10. The maximum Gasteiger partial charge on any atom is 0.409 e. The van der Waals surface area contributed by atoms with Gasteiger partial charge in [0.15, 0.2) is 5.13 Å². The van der Waals surface area contributed by atoms with E-state index in [1.54, 1.807) is 44.4 Å². The van der Waals surface area contributed by atoms with Crippen molar-refractivity contribution < 1.29 is 33.0 Å². The zero-order valence-electron chi connectivity index (χ0n) is 54.0. The van der Waals surface area contributed by atoms with E-state index in [0.29, 0.717) is 43.1 Å². The molecule has 1 aliphatic carbocycles. The van der Waals surface area contributed by atoms with Crippen molar-refractivity contribution in [2.24, 2.45) is 0 Å². The van der Waals surface area contributed by atoms with Crippen molar-refractivity contribution in [2.45, 2.75) is 171 Å². The number of halogens is 1. The molecule has 7 fully saturated rings. The first-order valence-electron chi connectivity index (χ1n) is 34.0. The number of methoxy groups -OCH3 is 1. The summed E-state index contributed by atoms with van der Waals surface area (Å²) in [6.45, 7) is 24.9. The Morgan fingerprint density at radius 1 is 0.596 bits per heavy atom. The van der Waals surface area contributed by atoms with Crippen LogP contribution in [0.4, 0.5) is 31.4 Å². The Bertz CT molecular complexity index is 3080. The van der Waals surface area contributed by atoms with Crippen LogP contribution in [0.3, 0.4) is 0 Å². The van der Waals surface area contributed by atoms with E-state index in [4.69, 9.17) is 9.47 Å². The summed E-state index contributed by atoms with van der Waals surface area (Å²) in [5.41, 5.74) is 8.88. The van der Waals surface area contributed by atoms with Crippen molar-refractivity contribution >= 4 is 57.2 Å². The molecule has 1 aromatic heterocycles. The van der Waals surface area contributed by atoms with Crippen LogP contribution in [0.5, 0.6) is 0 Å². The van der Waals surface area contributed by atoms with E-state index in [2.05, 4.69) is 95.2 Å². The van der Waals surface area contributed by atoms with Crippen LogP contribution in [0.15, 0.2) is 72.1 Å². The number of carbonyl (C=O) groups excluding carboxylic acids is 4. The van der Waals surface area contributed by atoms with Gasteiger partial charge in [0, 0.05) is 149 Å². The maximum atomic E-state index is 14.0. The van der Waals surface area contributed by atoms with Crippen molar-refractivity contribution in [3.63, 3.8) is 0 Å². The molecule has 3 spiro atoms. The van der Waals surface area contributed by atoms with Gasteiger partial charge in [-0.3, -0.25) is 14.4 Å². The lowest BCUT2D eigenvalue weighted by Crippen LogP contribution is -2.52. The van der Waals surface area contributed by atoms with E-state index in [9.17, 15) is 23.6 Å². The summed E-state index contributed by atoms with van der Waals surface area (Å²) in [4.78, 5) is 74.1. The molecule has 0 radical (unpaired) electrons. The SMILES string of the molecule is CC(=O)N1CC2(CCN(C3CCN(c4nc(C)cs4)CC3)CC2)c2ccccc21.CCOC(=O)N1CCC(N2CCC3(CC2)CN(C2CCC(=O)CC2)c2ccccc23)CC1.COCCN1CCC(N2CCC3(CC2)CN(C(C)=O)c2ccc(F)cc23)CC1. The molecule has 18 heteroatoms. The zero-order valence-corrected chi connectivity index (χ0v) is 54.8. The van der Waals surface area contributed by atoms with Gasteiger partial charge in [0.2, 0.25) is 11.8 Å². The molecule has 0 N–H and O–H groups in total. The van der Waals surface area contributed by atoms with Gasteiger partial charge in [-0.15, -0.1) is 11.3 Å². The summed E-state index contributed by atoms with van der Waals surface area (Å²) < 4.78 is 24.4. The van der Waals surface area contributed by atoms with Crippen molar-refractivity contribution in [2.75, 3.05) is 145 Å². The zero-order chi connectivity index (χ0) is 61.9. The Morgan fingerprint density at radius 3 is 1.60 bits per heavy atom. The predicted octanol–water partition coefficient (Wildman–Crippen LogP) is 10.4. The summed E-state index contributed by atoms with van der Waals surface area (Å²) in [6.07, 6.45) is 17.0. The minimum absolute atomic E-state index is 0.0515. The fourth-order valence-electron chi connectivity index (χ4n) is 17.6. The average Bonchev–Trinajstić information content (AvgIpc) is 1.79. The van der Waals surface area contributed by atoms with Crippen LogP contribution in [-0.2, 0) is 40.1 Å². The van der Waals surface area contributed by atoms with E-state index in [1.807, 2.05) is 21.6 Å². The van der Waals surface area contributed by atoms with Crippen LogP contribution in [0.25, 0.3) is 0 Å². The fourth-order valence-corrected chi connectivity index (χ4v) is 18.4. The number of Topliss-reactive ketones (excluding diaryl/α,β-unsaturated/α-hetero) is 1. The van der Waals surface area contributed by atoms with Crippen LogP contribution in [0.2, 0.25) is 0 Å². The number of benzene rings is 3. The topological polar surface area (TPSA) is 129 Å². The first-order valence-corrected chi connectivity index (χ1v) is 34.9. The number of likely N-dealkylation sites (tertiary alicyclic amines) is 5. The molecule has 6 saturated heterocycles. The third kappa shape index (κ3) is 13.6. The Balaban J connectivity index is 0.000000130. The molecule has 0 bridgehead atoms. The number of fused-ring (bicyclic) bond motifs is 6. The number of hydrogen-bond donors (Lipinski definition) is 0. The van der Waals surface area contributed by atoms with Crippen molar-refractivity contribution in [3.05, 3.63) is 100 Å². The molecular weight excluding hydrogens is 1140 g/mol. The molecular formula is C71H99FN10O6S. The lowest BCUT2D eigenvalue weighted by molar-refractivity contribution is -0.120. The van der Waals surface area contributed by atoms with Crippen LogP contribution in [-0.4, -0.2) is 202 Å². The van der Waals surface area contributed by atoms with E-state index in [1.165, 1.54) is 66.5 Å². The van der Waals surface area contributed by atoms with Crippen LogP contribution < -0.4 is 19.6 Å². The first kappa shape index (κ1) is 63.6. The number of anilines is 4. The maximum absolute atomic E-state index is 14.0. The van der Waals surface area contributed by atoms with Crippen molar-refractivity contribution in [3.8, 4) is 0 Å². The van der Waals surface area contributed by atoms with Gasteiger partial charge in [-0.05, 0) is 203 Å². The van der Waals surface area contributed by atoms with Crippen molar-refractivity contribution in [1.82, 2.24) is 29.5 Å². The van der Waals surface area contributed by atoms with Gasteiger partial charge in [0.05, 0.1) is 18.9 Å². The van der Waals surface area contributed by atoms with E-state index >= 15 is 0 Å². The number of carbonyl (C=O) groups is 4. The third-order valence-electron chi connectivity index (χ3n) is 22.8. The monoisotopic (exact) mass is 1240 g/mol. The highest BCUT2D eigenvalue weighted by Crippen LogP contribution is 2.51. The molecule has 16 nitrogen and oxygen atoms in total. The predicted molar refractivity (Wildman–Crippen MR) is 352 cm³/mol. The van der Waals surface area contributed by atoms with Crippen LogP contribution in [0.1, 0.15) is 146 Å². The second-order valence-electron chi connectivity index (χ2n) is 27.7. The normalized spacial score (nSPS) is 23.5. The number of amides is 3. The number of rotatable bonds is 9.